The molecule has 2 aromatic carbocycles. The minimum atomic E-state index is -0.380. The van der Waals surface area contributed by atoms with Crippen molar-refractivity contribution in [1.82, 2.24) is 0 Å². The molecule has 4 nitrogen and oxygen atoms in total. The number of unbranched alkanes of at least 4 members (excludes halogenated alkanes) is 9. The van der Waals surface area contributed by atoms with Crippen molar-refractivity contribution in [3.05, 3.63) is 58.6 Å². The van der Waals surface area contributed by atoms with Crippen LogP contribution in [0.4, 0.5) is 5.69 Å². The Morgan fingerprint density at radius 3 is 1.76 bits per heavy atom. The molecule has 29 heavy (non-hydrogen) atoms. The predicted molar refractivity (Wildman–Crippen MR) is 121 cm³/mol. The lowest BCUT2D eigenvalue weighted by atomic mass is 10.1. The molecule has 2 rings (SSSR count). The summed E-state index contributed by atoms with van der Waals surface area (Å²) >= 11 is 1.58. The van der Waals surface area contributed by atoms with E-state index < -0.39 is 0 Å². The molecular weight excluding hydrogens is 382 g/mol. The zero-order valence-corrected chi connectivity index (χ0v) is 18.3. The zero-order chi connectivity index (χ0) is 20.7. The number of ether oxygens (including phenoxy) is 1. The zero-order valence-electron chi connectivity index (χ0n) is 17.5. The van der Waals surface area contributed by atoms with E-state index in [2.05, 4.69) is 6.92 Å². The molecule has 158 valence electrons. The molecule has 0 bridgehead atoms. The topological polar surface area (TPSA) is 52.4 Å². The third kappa shape index (κ3) is 9.84. The van der Waals surface area contributed by atoms with Gasteiger partial charge in [0.25, 0.3) is 5.69 Å². The van der Waals surface area contributed by atoms with Gasteiger partial charge >= 0.3 is 0 Å². The van der Waals surface area contributed by atoms with Crippen molar-refractivity contribution in [1.29, 1.82) is 0 Å². The quantitative estimate of drug-likeness (QED) is 0.168. The Morgan fingerprint density at radius 2 is 1.24 bits per heavy atom. The number of rotatable bonds is 15. The molecule has 0 spiro atoms. The van der Waals surface area contributed by atoms with Gasteiger partial charge in [-0.2, -0.15) is 0 Å². The highest BCUT2D eigenvalue weighted by Gasteiger charge is 2.05. The number of hydrogen-bond acceptors (Lipinski definition) is 4. The van der Waals surface area contributed by atoms with Crippen LogP contribution in [0.15, 0.2) is 58.3 Å². The molecule has 0 aromatic heterocycles. The number of benzene rings is 2. The van der Waals surface area contributed by atoms with Crippen LogP contribution in [0.5, 0.6) is 5.75 Å². The summed E-state index contributed by atoms with van der Waals surface area (Å²) in [7, 11) is 0. The Bertz CT molecular complexity index is 701. The molecule has 5 heteroatoms. The largest absolute Gasteiger partial charge is 0.494 e. The minimum absolute atomic E-state index is 0.116. The van der Waals surface area contributed by atoms with Gasteiger partial charge in [-0.15, -0.1) is 0 Å². The first-order valence-corrected chi connectivity index (χ1v) is 11.7. The number of nitrogens with zero attached hydrogens (tertiary/aromatic N) is 1. The van der Waals surface area contributed by atoms with E-state index in [1.165, 1.54) is 69.9 Å². The second-order valence-electron chi connectivity index (χ2n) is 7.35. The van der Waals surface area contributed by atoms with Gasteiger partial charge in [-0.3, -0.25) is 10.1 Å². The van der Waals surface area contributed by atoms with Crippen molar-refractivity contribution in [3.63, 3.8) is 0 Å². The Balaban J connectivity index is 1.56. The molecule has 0 aliphatic heterocycles. The standard InChI is InChI=1S/C24H33NO3S/c1-2-3-4-5-6-7-8-9-10-11-20-28-22-14-18-24(19-15-22)29-23-16-12-21(13-17-23)25(26)27/h12-19H,2-11,20H2,1H3. The molecule has 0 N–H and O–H groups in total. The lowest BCUT2D eigenvalue weighted by molar-refractivity contribution is -0.384. The fraction of sp³-hybridized carbons (Fsp3) is 0.500. The molecule has 0 fully saturated rings. The van der Waals surface area contributed by atoms with Crippen LogP contribution in [-0.2, 0) is 0 Å². The van der Waals surface area contributed by atoms with Crippen LogP contribution in [0, 0.1) is 10.1 Å². The van der Waals surface area contributed by atoms with Gasteiger partial charge in [0, 0.05) is 21.9 Å². The van der Waals surface area contributed by atoms with Gasteiger partial charge in [0.05, 0.1) is 11.5 Å². The molecule has 0 saturated carbocycles. The highest BCUT2D eigenvalue weighted by atomic mass is 32.2. The Hall–Kier alpha value is -2.01. The number of nitro groups is 1. The summed E-state index contributed by atoms with van der Waals surface area (Å²) in [5.74, 6) is 0.897. The van der Waals surface area contributed by atoms with Crippen molar-refractivity contribution in [2.75, 3.05) is 6.61 Å². The van der Waals surface area contributed by atoms with Gasteiger partial charge in [-0.25, -0.2) is 0 Å². The molecule has 0 atom stereocenters. The maximum atomic E-state index is 10.7. The average molecular weight is 416 g/mol. The van der Waals surface area contributed by atoms with Crippen molar-refractivity contribution >= 4 is 17.4 Å². The van der Waals surface area contributed by atoms with Crippen molar-refractivity contribution in [2.45, 2.75) is 80.9 Å². The van der Waals surface area contributed by atoms with E-state index in [1.807, 2.05) is 24.3 Å². The summed E-state index contributed by atoms with van der Waals surface area (Å²) in [4.78, 5) is 12.4. The molecule has 0 heterocycles. The summed E-state index contributed by atoms with van der Waals surface area (Å²) in [6, 6.07) is 14.7. The monoisotopic (exact) mass is 415 g/mol. The van der Waals surface area contributed by atoms with Crippen LogP contribution in [0.2, 0.25) is 0 Å². The van der Waals surface area contributed by atoms with E-state index in [0.717, 1.165) is 28.6 Å². The van der Waals surface area contributed by atoms with Crippen molar-refractivity contribution < 1.29 is 9.66 Å². The van der Waals surface area contributed by atoms with Crippen LogP contribution in [-0.4, -0.2) is 11.5 Å². The van der Waals surface area contributed by atoms with Gasteiger partial charge in [0.15, 0.2) is 0 Å². The fourth-order valence-corrected chi connectivity index (χ4v) is 3.97. The van der Waals surface area contributed by atoms with E-state index in [1.54, 1.807) is 23.9 Å². The van der Waals surface area contributed by atoms with Gasteiger partial charge in [-0.1, -0.05) is 76.5 Å². The van der Waals surface area contributed by atoms with E-state index >= 15 is 0 Å². The van der Waals surface area contributed by atoms with Crippen LogP contribution in [0.25, 0.3) is 0 Å². The molecular formula is C24H33NO3S. The first-order valence-electron chi connectivity index (χ1n) is 10.8. The maximum Gasteiger partial charge on any atom is 0.269 e. The van der Waals surface area contributed by atoms with Crippen molar-refractivity contribution in [3.8, 4) is 5.75 Å². The molecule has 0 saturated heterocycles. The van der Waals surface area contributed by atoms with Gasteiger partial charge in [0.1, 0.15) is 5.75 Å². The SMILES string of the molecule is CCCCCCCCCCCCOc1ccc(Sc2ccc([N+](=O)[O-])cc2)cc1. The Kier molecular flexibility index (Phi) is 11.3. The van der Waals surface area contributed by atoms with Crippen molar-refractivity contribution in [2.24, 2.45) is 0 Å². The van der Waals surface area contributed by atoms with Crippen LogP contribution in [0.3, 0.4) is 0 Å². The summed E-state index contributed by atoms with van der Waals surface area (Å²) in [5, 5.41) is 10.7. The number of nitro benzene ring substituents is 1. The van der Waals surface area contributed by atoms with Gasteiger partial charge in [-0.05, 0) is 42.8 Å². The Labute approximate surface area is 179 Å². The predicted octanol–water partition coefficient (Wildman–Crippen LogP) is 8.05. The van der Waals surface area contributed by atoms with E-state index in [4.69, 9.17) is 4.74 Å². The van der Waals surface area contributed by atoms with Gasteiger partial charge in [0.2, 0.25) is 0 Å². The van der Waals surface area contributed by atoms with Crippen LogP contribution in [0.1, 0.15) is 71.1 Å². The molecule has 2 aromatic rings. The lowest BCUT2D eigenvalue weighted by Crippen LogP contribution is -1.97. The fourth-order valence-electron chi connectivity index (χ4n) is 3.16. The molecule has 0 unspecified atom stereocenters. The van der Waals surface area contributed by atoms with E-state index in [-0.39, 0.29) is 10.6 Å². The average Bonchev–Trinajstić information content (AvgIpc) is 2.73. The molecule has 0 aliphatic rings. The third-order valence-corrected chi connectivity index (χ3v) is 5.89. The minimum Gasteiger partial charge on any atom is -0.494 e. The first kappa shape index (κ1) is 23.3. The van der Waals surface area contributed by atoms with E-state index in [0.29, 0.717) is 0 Å². The summed E-state index contributed by atoms with van der Waals surface area (Å²) in [5.41, 5.74) is 0.116. The first-order chi connectivity index (χ1) is 14.2. The van der Waals surface area contributed by atoms with Gasteiger partial charge < -0.3 is 4.74 Å². The van der Waals surface area contributed by atoms with Crippen LogP contribution < -0.4 is 4.74 Å². The van der Waals surface area contributed by atoms with E-state index in [9.17, 15) is 10.1 Å². The summed E-state index contributed by atoms with van der Waals surface area (Å²) in [6.07, 6.45) is 13.3. The molecule has 0 radical (unpaired) electrons. The Morgan fingerprint density at radius 1 is 0.759 bits per heavy atom. The molecule has 0 aliphatic carbocycles. The number of non-ortho nitro benzene ring substituents is 1. The lowest BCUT2D eigenvalue weighted by Gasteiger charge is -2.07. The smallest absolute Gasteiger partial charge is 0.269 e. The third-order valence-electron chi connectivity index (χ3n) is 4.87. The highest BCUT2D eigenvalue weighted by molar-refractivity contribution is 7.99. The second-order valence-corrected chi connectivity index (χ2v) is 8.50. The second kappa shape index (κ2) is 14.0. The summed E-state index contributed by atoms with van der Waals surface area (Å²) < 4.78 is 5.84. The summed E-state index contributed by atoms with van der Waals surface area (Å²) in [6.45, 7) is 3.03. The highest BCUT2D eigenvalue weighted by Crippen LogP contribution is 2.30. The maximum absolute atomic E-state index is 10.7. The molecule has 0 amide bonds. The number of hydrogen-bond donors (Lipinski definition) is 0. The normalized spacial score (nSPS) is 10.8. The van der Waals surface area contributed by atoms with Crippen LogP contribution >= 0.6 is 11.8 Å².